The number of nitrogens with zero attached hydrogens (tertiary/aromatic N) is 4. The molecular formula is C18H28N4. The van der Waals surface area contributed by atoms with Crippen LogP contribution in [0.1, 0.15) is 31.4 Å². The topological polar surface area (TPSA) is 22.6 Å². The van der Waals surface area contributed by atoms with Crippen LogP contribution in [0.4, 0.5) is 5.82 Å². The van der Waals surface area contributed by atoms with Crippen LogP contribution in [0.25, 0.3) is 0 Å². The van der Waals surface area contributed by atoms with Gasteiger partial charge in [0, 0.05) is 50.0 Å². The molecule has 0 spiro atoms. The molecule has 0 amide bonds. The Morgan fingerprint density at radius 3 is 2.27 bits per heavy atom. The van der Waals surface area contributed by atoms with Crippen molar-refractivity contribution in [2.45, 2.75) is 50.7 Å². The lowest BCUT2D eigenvalue weighted by atomic mass is 9.96. The van der Waals surface area contributed by atoms with Gasteiger partial charge in [0.05, 0.1) is 0 Å². The maximum atomic E-state index is 4.68. The van der Waals surface area contributed by atoms with Crippen molar-refractivity contribution < 1.29 is 0 Å². The van der Waals surface area contributed by atoms with Crippen molar-refractivity contribution in [1.82, 2.24) is 14.8 Å². The predicted molar refractivity (Wildman–Crippen MR) is 90.4 cm³/mol. The fourth-order valence-electron chi connectivity index (χ4n) is 4.70. The van der Waals surface area contributed by atoms with Gasteiger partial charge >= 0.3 is 0 Å². The summed E-state index contributed by atoms with van der Waals surface area (Å²) >= 11 is 0. The number of pyridine rings is 1. The second-order valence-electron chi connectivity index (χ2n) is 7.34. The van der Waals surface area contributed by atoms with Crippen molar-refractivity contribution >= 4 is 5.82 Å². The van der Waals surface area contributed by atoms with E-state index in [0.717, 1.165) is 42.7 Å². The van der Waals surface area contributed by atoms with E-state index in [-0.39, 0.29) is 0 Å². The number of aromatic nitrogens is 1. The summed E-state index contributed by atoms with van der Waals surface area (Å²) in [5.74, 6) is 1.16. The van der Waals surface area contributed by atoms with E-state index in [9.17, 15) is 0 Å². The summed E-state index contributed by atoms with van der Waals surface area (Å²) in [7, 11) is 2.33. The summed E-state index contributed by atoms with van der Waals surface area (Å²) < 4.78 is 0. The number of fused-ring (bicyclic) bond motifs is 2. The molecule has 1 unspecified atom stereocenters. The monoisotopic (exact) mass is 300 g/mol. The minimum atomic E-state index is 0.821. The van der Waals surface area contributed by atoms with Crippen LogP contribution in [0, 0.1) is 6.92 Å². The van der Waals surface area contributed by atoms with Gasteiger partial charge in [-0.3, -0.25) is 4.90 Å². The Balaban J connectivity index is 1.36. The summed E-state index contributed by atoms with van der Waals surface area (Å²) in [6.45, 7) is 6.72. The van der Waals surface area contributed by atoms with Gasteiger partial charge in [-0.25, -0.2) is 4.98 Å². The van der Waals surface area contributed by atoms with Crippen LogP contribution in [-0.2, 0) is 0 Å². The van der Waals surface area contributed by atoms with E-state index in [1.807, 2.05) is 0 Å². The first kappa shape index (κ1) is 14.5. The van der Waals surface area contributed by atoms with Gasteiger partial charge in [-0.05, 0) is 51.8 Å². The zero-order chi connectivity index (χ0) is 15.1. The molecule has 1 aromatic heterocycles. The first-order valence-electron chi connectivity index (χ1n) is 8.85. The van der Waals surface area contributed by atoms with Crippen molar-refractivity contribution in [2.24, 2.45) is 0 Å². The average Bonchev–Trinajstić information content (AvgIpc) is 2.76. The van der Waals surface area contributed by atoms with Crippen molar-refractivity contribution in [2.75, 3.05) is 38.1 Å². The highest BCUT2D eigenvalue weighted by Crippen LogP contribution is 2.36. The van der Waals surface area contributed by atoms with E-state index in [4.69, 9.17) is 0 Å². The van der Waals surface area contributed by atoms with E-state index in [1.54, 1.807) is 0 Å². The van der Waals surface area contributed by atoms with Gasteiger partial charge < -0.3 is 9.80 Å². The number of rotatable bonds is 2. The van der Waals surface area contributed by atoms with Gasteiger partial charge in [0.25, 0.3) is 0 Å². The Morgan fingerprint density at radius 2 is 1.64 bits per heavy atom. The van der Waals surface area contributed by atoms with Crippen LogP contribution in [0.15, 0.2) is 18.2 Å². The normalized spacial score (nSPS) is 33.4. The molecule has 3 fully saturated rings. The van der Waals surface area contributed by atoms with Crippen LogP contribution in [-0.4, -0.2) is 66.1 Å². The molecule has 22 heavy (non-hydrogen) atoms. The molecule has 3 aliphatic rings. The molecule has 0 N–H and O–H groups in total. The van der Waals surface area contributed by atoms with Gasteiger partial charge in [0.2, 0.25) is 0 Å². The first-order valence-corrected chi connectivity index (χ1v) is 8.85. The predicted octanol–water partition coefficient (Wildman–Crippen LogP) is 2.14. The quantitative estimate of drug-likeness (QED) is 0.834. The van der Waals surface area contributed by atoms with E-state index in [1.165, 1.54) is 38.8 Å². The Morgan fingerprint density at radius 1 is 0.955 bits per heavy atom. The second kappa shape index (κ2) is 5.82. The Hall–Kier alpha value is -1.13. The number of hydrogen-bond acceptors (Lipinski definition) is 4. The van der Waals surface area contributed by atoms with E-state index < -0.39 is 0 Å². The van der Waals surface area contributed by atoms with Crippen molar-refractivity contribution in [3.8, 4) is 0 Å². The maximum absolute atomic E-state index is 4.68. The van der Waals surface area contributed by atoms with Crippen molar-refractivity contribution in [3.05, 3.63) is 23.9 Å². The van der Waals surface area contributed by atoms with Gasteiger partial charge in [0.1, 0.15) is 5.82 Å². The number of anilines is 1. The zero-order valence-electron chi connectivity index (χ0n) is 13.9. The molecule has 0 aliphatic carbocycles. The third kappa shape index (κ3) is 2.63. The van der Waals surface area contributed by atoms with E-state index in [0.29, 0.717) is 0 Å². The van der Waals surface area contributed by atoms with Crippen LogP contribution >= 0.6 is 0 Å². The maximum Gasteiger partial charge on any atom is 0.128 e. The van der Waals surface area contributed by atoms with Gasteiger partial charge in [0.15, 0.2) is 0 Å². The fourth-order valence-corrected chi connectivity index (χ4v) is 4.70. The lowest BCUT2D eigenvalue weighted by Crippen LogP contribution is -2.55. The highest BCUT2D eigenvalue weighted by atomic mass is 15.3. The number of aryl methyl sites for hydroxylation is 1. The molecule has 1 aromatic rings. The molecule has 0 radical (unpaired) electrons. The molecule has 3 atom stereocenters. The molecule has 0 saturated carbocycles. The number of piperidine rings is 1. The van der Waals surface area contributed by atoms with Crippen LogP contribution in [0.5, 0.6) is 0 Å². The smallest absolute Gasteiger partial charge is 0.128 e. The van der Waals surface area contributed by atoms with Crippen LogP contribution in [0.3, 0.4) is 0 Å². The fraction of sp³-hybridized carbons (Fsp3) is 0.722. The lowest BCUT2D eigenvalue weighted by molar-refractivity contribution is 0.0718. The van der Waals surface area contributed by atoms with Gasteiger partial charge in [-0.2, -0.15) is 0 Å². The molecule has 4 heteroatoms. The molecule has 2 bridgehead atoms. The number of piperazine rings is 1. The Labute approximate surface area is 134 Å². The summed E-state index contributed by atoms with van der Waals surface area (Å²) in [4.78, 5) is 12.5. The summed E-state index contributed by atoms with van der Waals surface area (Å²) in [6, 6.07) is 8.87. The van der Waals surface area contributed by atoms with E-state index >= 15 is 0 Å². The molecule has 4 rings (SSSR count). The SMILES string of the molecule is Cc1cccc(N2CCN(C3C[C@H]4CC[C@@H](C3)N4C)CC2)n1. The third-order valence-corrected chi connectivity index (χ3v) is 6.10. The van der Waals surface area contributed by atoms with E-state index in [2.05, 4.69) is 51.9 Å². The highest BCUT2D eigenvalue weighted by molar-refractivity contribution is 5.39. The largest absolute Gasteiger partial charge is 0.354 e. The minimum Gasteiger partial charge on any atom is -0.354 e. The van der Waals surface area contributed by atoms with Crippen LogP contribution < -0.4 is 4.90 Å². The minimum absolute atomic E-state index is 0.821. The third-order valence-electron chi connectivity index (χ3n) is 6.10. The van der Waals surface area contributed by atoms with Gasteiger partial charge in [-0.1, -0.05) is 6.07 Å². The van der Waals surface area contributed by atoms with Crippen LogP contribution in [0.2, 0.25) is 0 Å². The Kier molecular flexibility index (Phi) is 3.82. The standard InChI is InChI=1S/C18H28N4/c1-14-4-3-5-18(19-14)22-10-8-21(9-11-22)17-12-15-6-7-16(13-17)20(15)2/h3-5,15-17H,6-13H2,1-2H3/t15-,16+,17?. The second-order valence-corrected chi connectivity index (χ2v) is 7.34. The molecule has 0 aromatic carbocycles. The molecule has 120 valence electrons. The molecule has 3 aliphatic heterocycles. The first-order chi connectivity index (χ1) is 10.7. The molecule has 4 nitrogen and oxygen atoms in total. The summed E-state index contributed by atoms with van der Waals surface area (Å²) in [5, 5.41) is 0. The Bertz CT molecular complexity index is 510. The summed E-state index contributed by atoms with van der Waals surface area (Å²) in [6.07, 6.45) is 5.61. The van der Waals surface area contributed by atoms with Gasteiger partial charge in [-0.15, -0.1) is 0 Å². The molecular weight excluding hydrogens is 272 g/mol. The highest BCUT2D eigenvalue weighted by Gasteiger charge is 2.40. The summed E-state index contributed by atoms with van der Waals surface area (Å²) in [5.41, 5.74) is 1.12. The average molecular weight is 300 g/mol. The lowest BCUT2D eigenvalue weighted by Gasteiger charge is -2.45. The molecule has 4 heterocycles. The van der Waals surface area contributed by atoms with Crippen molar-refractivity contribution in [3.63, 3.8) is 0 Å². The zero-order valence-corrected chi connectivity index (χ0v) is 13.9. The van der Waals surface area contributed by atoms with Crippen molar-refractivity contribution in [1.29, 1.82) is 0 Å². The number of hydrogen-bond donors (Lipinski definition) is 0. The molecule has 3 saturated heterocycles.